The molecule has 0 fully saturated rings. The minimum absolute atomic E-state index is 0.198. The molecule has 0 amide bonds. The van der Waals surface area contributed by atoms with Gasteiger partial charge < -0.3 is 14.5 Å². The van der Waals surface area contributed by atoms with Crippen molar-refractivity contribution >= 4 is 5.97 Å². The molecular weight excluding hydrogens is 273 g/mol. The zero-order valence-corrected chi connectivity index (χ0v) is 12.1. The molecule has 0 aliphatic rings. The number of rotatable bonds is 6. The van der Waals surface area contributed by atoms with E-state index < -0.39 is 5.97 Å². The van der Waals surface area contributed by atoms with Gasteiger partial charge in [-0.25, -0.2) is 9.18 Å². The number of hydrogen-bond acceptors (Lipinski definition) is 4. The Morgan fingerprint density at radius 3 is 2.86 bits per heavy atom. The molecule has 112 valence electrons. The summed E-state index contributed by atoms with van der Waals surface area (Å²) in [6.45, 7) is 3.16. The maximum Gasteiger partial charge on any atom is 0.373 e. The molecule has 4 nitrogen and oxygen atoms in total. The highest BCUT2D eigenvalue weighted by Gasteiger charge is 2.10. The molecule has 0 aliphatic heterocycles. The van der Waals surface area contributed by atoms with Crippen molar-refractivity contribution in [1.82, 2.24) is 5.32 Å². The quantitative estimate of drug-likeness (QED) is 0.657. The van der Waals surface area contributed by atoms with Gasteiger partial charge >= 0.3 is 5.97 Å². The summed E-state index contributed by atoms with van der Waals surface area (Å²) in [7, 11) is 1.31. The number of furan rings is 1. The Labute approximate surface area is 122 Å². The van der Waals surface area contributed by atoms with Crippen LogP contribution in [-0.2, 0) is 17.7 Å². The predicted octanol–water partition coefficient (Wildman–Crippen LogP) is 2.85. The van der Waals surface area contributed by atoms with Crippen molar-refractivity contribution in [1.29, 1.82) is 0 Å². The number of ether oxygens (including phenoxy) is 1. The fourth-order valence-electron chi connectivity index (χ4n) is 2.06. The maximum atomic E-state index is 13.0. The first kappa shape index (κ1) is 15.3. The van der Waals surface area contributed by atoms with Crippen molar-refractivity contribution in [2.75, 3.05) is 13.7 Å². The molecule has 0 spiro atoms. The van der Waals surface area contributed by atoms with E-state index in [0.29, 0.717) is 12.3 Å². The van der Waals surface area contributed by atoms with Crippen LogP contribution in [0.3, 0.4) is 0 Å². The van der Waals surface area contributed by atoms with E-state index in [0.717, 1.165) is 24.1 Å². The lowest BCUT2D eigenvalue weighted by atomic mass is 10.1. The van der Waals surface area contributed by atoms with Crippen molar-refractivity contribution in [2.45, 2.75) is 19.9 Å². The first-order valence-electron chi connectivity index (χ1n) is 6.73. The number of carbonyl (C=O) groups is 1. The molecule has 21 heavy (non-hydrogen) atoms. The molecule has 0 unspecified atom stereocenters. The van der Waals surface area contributed by atoms with Crippen molar-refractivity contribution in [3.05, 3.63) is 58.8 Å². The van der Waals surface area contributed by atoms with Crippen LogP contribution in [0.4, 0.5) is 4.39 Å². The second-order valence-electron chi connectivity index (χ2n) is 4.76. The number of carbonyl (C=O) groups excluding carboxylic acids is 1. The van der Waals surface area contributed by atoms with E-state index >= 15 is 0 Å². The number of esters is 1. The molecule has 0 saturated carbocycles. The van der Waals surface area contributed by atoms with E-state index in [1.807, 2.05) is 6.92 Å². The number of methoxy groups -OCH3 is 1. The van der Waals surface area contributed by atoms with Crippen molar-refractivity contribution in [3.63, 3.8) is 0 Å². The zero-order valence-electron chi connectivity index (χ0n) is 12.1. The van der Waals surface area contributed by atoms with Crippen LogP contribution in [0.2, 0.25) is 0 Å². The fraction of sp³-hybridized carbons (Fsp3) is 0.312. The highest BCUT2D eigenvalue weighted by atomic mass is 19.1. The number of hydrogen-bond donors (Lipinski definition) is 1. The lowest BCUT2D eigenvalue weighted by Gasteiger charge is -2.06. The summed E-state index contributed by atoms with van der Waals surface area (Å²) in [5, 5.41) is 3.22. The number of benzene rings is 1. The zero-order chi connectivity index (χ0) is 15.2. The van der Waals surface area contributed by atoms with Gasteiger partial charge in [0.2, 0.25) is 5.76 Å². The number of aryl methyl sites for hydroxylation is 1. The van der Waals surface area contributed by atoms with Gasteiger partial charge in [0, 0.05) is 0 Å². The molecule has 2 aromatic rings. The van der Waals surface area contributed by atoms with Gasteiger partial charge in [-0.05, 0) is 55.3 Å². The maximum absolute atomic E-state index is 13.0. The molecule has 0 bridgehead atoms. The molecule has 1 heterocycles. The molecule has 1 N–H and O–H groups in total. The third-order valence-corrected chi connectivity index (χ3v) is 3.22. The monoisotopic (exact) mass is 291 g/mol. The van der Waals surface area contributed by atoms with Crippen LogP contribution in [0.15, 0.2) is 34.7 Å². The summed E-state index contributed by atoms with van der Waals surface area (Å²) in [5.74, 6) is 0.174. The Kier molecular flexibility index (Phi) is 5.11. The van der Waals surface area contributed by atoms with Gasteiger partial charge in [-0.3, -0.25) is 0 Å². The van der Waals surface area contributed by atoms with Gasteiger partial charge in [-0.1, -0.05) is 6.07 Å². The third kappa shape index (κ3) is 4.16. The van der Waals surface area contributed by atoms with E-state index in [4.69, 9.17) is 4.42 Å². The van der Waals surface area contributed by atoms with Gasteiger partial charge in [0.25, 0.3) is 0 Å². The average molecular weight is 291 g/mol. The van der Waals surface area contributed by atoms with Crippen LogP contribution >= 0.6 is 0 Å². The number of halogens is 1. The molecule has 1 aromatic heterocycles. The molecule has 0 saturated heterocycles. The smallest absolute Gasteiger partial charge is 0.373 e. The second-order valence-corrected chi connectivity index (χ2v) is 4.76. The summed E-state index contributed by atoms with van der Waals surface area (Å²) in [4.78, 5) is 11.2. The molecule has 1 aromatic carbocycles. The SMILES string of the molecule is COC(=O)c1ccc(CNCCc2ccc(F)cc2C)o1. The highest BCUT2D eigenvalue weighted by molar-refractivity contribution is 5.86. The lowest BCUT2D eigenvalue weighted by Crippen LogP contribution is -2.16. The van der Waals surface area contributed by atoms with Crippen molar-refractivity contribution in [2.24, 2.45) is 0 Å². The Balaban J connectivity index is 1.79. The summed E-state index contributed by atoms with van der Waals surface area (Å²) in [5.41, 5.74) is 2.06. The molecule has 0 aliphatic carbocycles. The van der Waals surface area contributed by atoms with Gasteiger partial charge in [-0.15, -0.1) is 0 Å². The topological polar surface area (TPSA) is 51.5 Å². The standard InChI is InChI=1S/C16H18FNO3/c1-11-9-13(17)4-3-12(11)7-8-18-10-14-5-6-15(21-14)16(19)20-2/h3-6,9,18H,7-8,10H2,1-2H3. The molecule has 5 heteroatoms. The van der Waals surface area contributed by atoms with Crippen LogP contribution in [-0.4, -0.2) is 19.6 Å². The van der Waals surface area contributed by atoms with E-state index in [1.54, 1.807) is 18.2 Å². The van der Waals surface area contributed by atoms with E-state index in [9.17, 15) is 9.18 Å². The second kappa shape index (κ2) is 7.04. The molecular formula is C16H18FNO3. The Morgan fingerprint density at radius 2 is 2.14 bits per heavy atom. The first-order valence-corrected chi connectivity index (χ1v) is 6.73. The number of nitrogens with one attached hydrogen (secondary N) is 1. The largest absolute Gasteiger partial charge is 0.463 e. The van der Waals surface area contributed by atoms with E-state index in [2.05, 4.69) is 10.1 Å². The Bertz CT molecular complexity index is 622. The van der Waals surface area contributed by atoms with Gasteiger partial charge in [0.15, 0.2) is 0 Å². The Morgan fingerprint density at radius 1 is 1.33 bits per heavy atom. The molecule has 2 rings (SSSR count). The highest BCUT2D eigenvalue weighted by Crippen LogP contribution is 2.11. The van der Waals surface area contributed by atoms with Crippen LogP contribution in [0.5, 0.6) is 0 Å². The normalized spacial score (nSPS) is 10.6. The Hall–Kier alpha value is -2.14. The van der Waals surface area contributed by atoms with Crippen LogP contribution in [0.25, 0.3) is 0 Å². The van der Waals surface area contributed by atoms with Crippen molar-refractivity contribution < 1.29 is 18.3 Å². The van der Waals surface area contributed by atoms with Crippen LogP contribution < -0.4 is 5.32 Å². The molecule has 0 radical (unpaired) electrons. The first-order chi connectivity index (χ1) is 10.1. The van der Waals surface area contributed by atoms with Crippen LogP contribution in [0.1, 0.15) is 27.4 Å². The van der Waals surface area contributed by atoms with E-state index in [-0.39, 0.29) is 11.6 Å². The summed E-state index contributed by atoms with van der Waals surface area (Å²) in [6.07, 6.45) is 0.802. The summed E-state index contributed by atoms with van der Waals surface area (Å²) < 4.78 is 22.9. The van der Waals surface area contributed by atoms with Gasteiger partial charge in [-0.2, -0.15) is 0 Å². The average Bonchev–Trinajstić information content (AvgIpc) is 2.93. The summed E-state index contributed by atoms with van der Waals surface area (Å²) >= 11 is 0. The molecule has 0 atom stereocenters. The predicted molar refractivity (Wildman–Crippen MR) is 76.6 cm³/mol. The van der Waals surface area contributed by atoms with E-state index in [1.165, 1.54) is 19.2 Å². The third-order valence-electron chi connectivity index (χ3n) is 3.22. The minimum Gasteiger partial charge on any atom is -0.463 e. The van der Waals surface area contributed by atoms with Gasteiger partial charge in [0.05, 0.1) is 13.7 Å². The van der Waals surface area contributed by atoms with Crippen LogP contribution in [0, 0.1) is 12.7 Å². The summed E-state index contributed by atoms with van der Waals surface area (Å²) in [6, 6.07) is 8.13. The minimum atomic E-state index is -0.483. The fourth-order valence-corrected chi connectivity index (χ4v) is 2.06. The van der Waals surface area contributed by atoms with Crippen molar-refractivity contribution in [3.8, 4) is 0 Å². The lowest BCUT2D eigenvalue weighted by molar-refractivity contribution is 0.0563. The van der Waals surface area contributed by atoms with Gasteiger partial charge in [0.1, 0.15) is 11.6 Å².